The number of aliphatic hydroxyl groups is 3. The van der Waals surface area contributed by atoms with Crippen LogP contribution < -0.4 is 0 Å². The van der Waals surface area contributed by atoms with E-state index in [2.05, 4.69) is 19.1 Å². The highest BCUT2D eigenvalue weighted by Crippen LogP contribution is 2.17. The van der Waals surface area contributed by atoms with Gasteiger partial charge in [-0.25, -0.2) is 0 Å². The van der Waals surface area contributed by atoms with Crippen LogP contribution in [0.5, 0.6) is 0 Å². The van der Waals surface area contributed by atoms with Gasteiger partial charge < -0.3 is 24.8 Å². The highest BCUT2D eigenvalue weighted by molar-refractivity contribution is 4.87. The first-order valence-electron chi connectivity index (χ1n) is 7.05. The van der Waals surface area contributed by atoms with Gasteiger partial charge in [0.2, 0.25) is 0 Å². The summed E-state index contributed by atoms with van der Waals surface area (Å²) < 4.78 is 10.5. The van der Waals surface area contributed by atoms with Gasteiger partial charge in [0.1, 0.15) is 24.4 Å². The number of hydrogen-bond donors (Lipinski definition) is 3. The zero-order valence-corrected chi connectivity index (χ0v) is 11.6. The fraction of sp³-hybridized carbons (Fsp3) is 0.857. The third-order valence-electron chi connectivity index (χ3n) is 3.14. The standard InChI is InChI=1S/C14H26O5/c1-2-3-4-5-6-7-8-18-9-12(16)14-13(17)11(15)10-19-14/h4-5,11-17H,2-3,6-10H2,1H3/b5-4+/t11-,12+,13+,14+/m1/s1. The molecule has 1 aliphatic rings. The molecule has 0 aromatic rings. The molecule has 0 aromatic heterocycles. The van der Waals surface area contributed by atoms with Gasteiger partial charge in [-0.1, -0.05) is 25.5 Å². The summed E-state index contributed by atoms with van der Waals surface area (Å²) in [6, 6.07) is 0. The summed E-state index contributed by atoms with van der Waals surface area (Å²) in [5.41, 5.74) is 0. The zero-order valence-electron chi connectivity index (χ0n) is 11.6. The first-order chi connectivity index (χ1) is 9.16. The summed E-state index contributed by atoms with van der Waals surface area (Å²) >= 11 is 0. The molecular weight excluding hydrogens is 248 g/mol. The van der Waals surface area contributed by atoms with Gasteiger partial charge in [-0.15, -0.1) is 0 Å². The van der Waals surface area contributed by atoms with Crippen molar-refractivity contribution in [1.29, 1.82) is 0 Å². The minimum absolute atomic E-state index is 0.0606. The molecular formula is C14H26O5. The van der Waals surface area contributed by atoms with Crippen molar-refractivity contribution < 1.29 is 24.8 Å². The molecule has 0 radical (unpaired) electrons. The van der Waals surface area contributed by atoms with E-state index in [0.29, 0.717) is 6.61 Å². The number of ether oxygens (including phenoxy) is 2. The third-order valence-corrected chi connectivity index (χ3v) is 3.14. The Labute approximate surface area is 114 Å². The molecule has 0 aromatic carbocycles. The minimum Gasteiger partial charge on any atom is -0.388 e. The van der Waals surface area contributed by atoms with Gasteiger partial charge in [0.05, 0.1) is 13.2 Å². The maximum absolute atomic E-state index is 9.77. The summed E-state index contributed by atoms with van der Waals surface area (Å²) in [6.07, 6.45) is 4.86. The van der Waals surface area contributed by atoms with E-state index in [-0.39, 0.29) is 13.2 Å². The van der Waals surface area contributed by atoms with Crippen molar-refractivity contribution in [1.82, 2.24) is 0 Å². The average Bonchev–Trinajstić information content (AvgIpc) is 2.73. The van der Waals surface area contributed by atoms with E-state index in [4.69, 9.17) is 9.47 Å². The van der Waals surface area contributed by atoms with E-state index in [0.717, 1.165) is 25.7 Å². The second-order valence-corrected chi connectivity index (χ2v) is 4.90. The van der Waals surface area contributed by atoms with Gasteiger partial charge in [-0.2, -0.15) is 0 Å². The topological polar surface area (TPSA) is 79.2 Å². The normalized spacial score (nSPS) is 29.2. The predicted molar refractivity (Wildman–Crippen MR) is 71.9 cm³/mol. The van der Waals surface area contributed by atoms with Crippen molar-refractivity contribution >= 4 is 0 Å². The maximum Gasteiger partial charge on any atom is 0.114 e. The summed E-state index contributed by atoms with van der Waals surface area (Å²) in [6.45, 7) is 2.89. The molecule has 0 spiro atoms. The Kier molecular flexibility index (Phi) is 8.25. The van der Waals surface area contributed by atoms with Gasteiger partial charge in [0.15, 0.2) is 0 Å². The van der Waals surface area contributed by atoms with Crippen molar-refractivity contribution in [2.24, 2.45) is 0 Å². The molecule has 5 nitrogen and oxygen atoms in total. The van der Waals surface area contributed by atoms with Crippen LogP contribution in [0.3, 0.4) is 0 Å². The van der Waals surface area contributed by atoms with E-state index in [9.17, 15) is 15.3 Å². The van der Waals surface area contributed by atoms with Crippen LogP contribution in [0.2, 0.25) is 0 Å². The average molecular weight is 274 g/mol. The van der Waals surface area contributed by atoms with Crippen LogP contribution in [-0.4, -0.2) is 59.6 Å². The number of allylic oxidation sites excluding steroid dienone is 2. The van der Waals surface area contributed by atoms with Gasteiger partial charge in [0.25, 0.3) is 0 Å². The van der Waals surface area contributed by atoms with Crippen LogP contribution in [0.15, 0.2) is 12.2 Å². The molecule has 19 heavy (non-hydrogen) atoms. The molecule has 0 amide bonds. The summed E-state index contributed by atoms with van der Waals surface area (Å²) in [5.74, 6) is 0. The molecule has 1 rings (SSSR count). The Morgan fingerprint density at radius 3 is 2.68 bits per heavy atom. The van der Waals surface area contributed by atoms with Gasteiger partial charge in [-0.3, -0.25) is 0 Å². The number of hydrogen-bond acceptors (Lipinski definition) is 5. The van der Waals surface area contributed by atoms with E-state index >= 15 is 0 Å². The van der Waals surface area contributed by atoms with Crippen molar-refractivity contribution in [3.63, 3.8) is 0 Å². The lowest BCUT2D eigenvalue weighted by molar-refractivity contribution is -0.0811. The second-order valence-electron chi connectivity index (χ2n) is 4.90. The highest BCUT2D eigenvalue weighted by atomic mass is 16.5. The van der Waals surface area contributed by atoms with Crippen LogP contribution in [0.25, 0.3) is 0 Å². The Bertz CT molecular complexity index is 256. The van der Waals surface area contributed by atoms with E-state index in [1.165, 1.54) is 0 Å². The Balaban J connectivity index is 2.03. The molecule has 1 aliphatic heterocycles. The molecule has 4 atom stereocenters. The van der Waals surface area contributed by atoms with Crippen LogP contribution >= 0.6 is 0 Å². The van der Waals surface area contributed by atoms with Crippen LogP contribution in [0.4, 0.5) is 0 Å². The molecule has 5 heteroatoms. The molecule has 0 saturated carbocycles. The lowest BCUT2D eigenvalue weighted by Gasteiger charge is -2.20. The van der Waals surface area contributed by atoms with E-state index in [1.807, 2.05) is 0 Å². The summed E-state index contributed by atoms with van der Waals surface area (Å²) in [4.78, 5) is 0. The Morgan fingerprint density at radius 1 is 1.32 bits per heavy atom. The van der Waals surface area contributed by atoms with Gasteiger partial charge >= 0.3 is 0 Å². The number of unbranched alkanes of at least 4 members (excludes halogenated alkanes) is 2. The van der Waals surface area contributed by atoms with Crippen LogP contribution in [0, 0.1) is 0 Å². The Morgan fingerprint density at radius 2 is 2.05 bits per heavy atom. The summed E-state index contributed by atoms with van der Waals surface area (Å²) in [7, 11) is 0. The first-order valence-corrected chi connectivity index (χ1v) is 7.05. The summed E-state index contributed by atoms with van der Waals surface area (Å²) in [5, 5.41) is 28.6. The maximum atomic E-state index is 9.77. The third kappa shape index (κ3) is 6.01. The van der Waals surface area contributed by atoms with Crippen molar-refractivity contribution in [2.45, 2.75) is 57.0 Å². The molecule has 0 aliphatic carbocycles. The predicted octanol–water partition coefficient (Wildman–Crippen LogP) is 0.621. The van der Waals surface area contributed by atoms with Gasteiger partial charge in [-0.05, 0) is 19.3 Å². The van der Waals surface area contributed by atoms with Crippen molar-refractivity contribution in [3.05, 3.63) is 12.2 Å². The van der Waals surface area contributed by atoms with Crippen LogP contribution in [-0.2, 0) is 9.47 Å². The molecule has 112 valence electrons. The molecule has 0 unspecified atom stereocenters. The van der Waals surface area contributed by atoms with E-state index < -0.39 is 24.4 Å². The van der Waals surface area contributed by atoms with E-state index in [1.54, 1.807) is 0 Å². The quantitative estimate of drug-likeness (QED) is 0.424. The lowest BCUT2D eigenvalue weighted by atomic mass is 10.1. The molecule has 1 saturated heterocycles. The number of rotatable bonds is 9. The minimum atomic E-state index is -1.03. The van der Waals surface area contributed by atoms with Crippen molar-refractivity contribution in [3.8, 4) is 0 Å². The molecule has 3 N–H and O–H groups in total. The molecule has 0 bridgehead atoms. The monoisotopic (exact) mass is 274 g/mol. The largest absolute Gasteiger partial charge is 0.388 e. The highest BCUT2D eigenvalue weighted by Gasteiger charge is 2.39. The molecule has 1 fully saturated rings. The van der Waals surface area contributed by atoms with Crippen molar-refractivity contribution in [2.75, 3.05) is 19.8 Å². The fourth-order valence-corrected chi connectivity index (χ4v) is 1.97. The van der Waals surface area contributed by atoms with Gasteiger partial charge in [0, 0.05) is 6.61 Å². The Hall–Kier alpha value is -0.460. The fourth-order valence-electron chi connectivity index (χ4n) is 1.97. The lowest BCUT2D eigenvalue weighted by Crippen LogP contribution is -2.40. The zero-order chi connectivity index (χ0) is 14.1. The second kappa shape index (κ2) is 9.44. The molecule has 1 heterocycles. The first kappa shape index (κ1) is 16.6. The smallest absolute Gasteiger partial charge is 0.114 e. The SMILES string of the molecule is CCC/C=C/CCCOC[C@H](O)[C@@H]1OC[C@@H](O)[C@@H]1O. The van der Waals surface area contributed by atoms with Crippen LogP contribution in [0.1, 0.15) is 32.6 Å². The number of aliphatic hydroxyl groups excluding tert-OH is 3.